The van der Waals surface area contributed by atoms with Gasteiger partial charge in [-0.05, 0) is 6.92 Å². The standard InChI is InChI=1S/C11H16O4/c1-5-8-6(2)7(3)15-11(13)9(8)10(12)14-4/h5-9H,1H2,2-4H3/t6-,7+,8?,9?/m0/s1. The van der Waals surface area contributed by atoms with Gasteiger partial charge in [0.05, 0.1) is 7.11 Å². The SMILES string of the molecule is C=CC1C(C(=O)OC)C(=O)O[C@H](C)[C@@H]1C. The highest BCUT2D eigenvalue weighted by Crippen LogP contribution is 2.33. The third-order valence-electron chi connectivity index (χ3n) is 3.02. The van der Waals surface area contributed by atoms with Gasteiger partial charge in [0.25, 0.3) is 0 Å². The van der Waals surface area contributed by atoms with Crippen molar-refractivity contribution in [3.63, 3.8) is 0 Å². The van der Waals surface area contributed by atoms with Crippen LogP contribution in [0.15, 0.2) is 12.7 Å². The normalized spacial score (nSPS) is 35.5. The monoisotopic (exact) mass is 212 g/mol. The molecule has 0 saturated carbocycles. The fourth-order valence-electron chi connectivity index (χ4n) is 1.87. The molecule has 0 N–H and O–H groups in total. The third-order valence-corrected chi connectivity index (χ3v) is 3.02. The second kappa shape index (κ2) is 4.47. The van der Waals surface area contributed by atoms with Crippen LogP contribution in [0.25, 0.3) is 0 Å². The van der Waals surface area contributed by atoms with E-state index < -0.39 is 17.9 Å². The lowest BCUT2D eigenvalue weighted by Crippen LogP contribution is -2.46. The molecule has 0 aromatic carbocycles. The van der Waals surface area contributed by atoms with Crippen molar-refractivity contribution in [1.29, 1.82) is 0 Å². The van der Waals surface area contributed by atoms with Crippen molar-refractivity contribution >= 4 is 11.9 Å². The maximum absolute atomic E-state index is 11.5. The van der Waals surface area contributed by atoms with Crippen LogP contribution >= 0.6 is 0 Å². The molecule has 1 rings (SSSR count). The minimum Gasteiger partial charge on any atom is -0.468 e. The van der Waals surface area contributed by atoms with Crippen LogP contribution in [0.1, 0.15) is 13.8 Å². The van der Waals surface area contributed by atoms with Crippen LogP contribution in [0.5, 0.6) is 0 Å². The Bertz CT molecular complexity index is 284. The Balaban J connectivity index is 2.96. The van der Waals surface area contributed by atoms with E-state index >= 15 is 0 Å². The number of cyclic esters (lactones) is 1. The van der Waals surface area contributed by atoms with Gasteiger partial charge in [-0.3, -0.25) is 9.59 Å². The van der Waals surface area contributed by atoms with Gasteiger partial charge in [-0.1, -0.05) is 13.0 Å². The number of carbonyl (C=O) groups is 2. The van der Waals surface area contributed by atoms with Crippen LogP contribution in [-0.4, -0.2) is 25.2 Å². The molecule has 84 valence electrons. The zero-order chi connectivity index (χ0) is 11.6. The molecule has 0 aromatic heterocycles. The molecule has 1 saturated heterocycles. The lowest BCUT2D eigenvalue weighted by Gasteiger charge is -2.35. The average molecular weight is 212 g/mol. The summed E-state index contributed by atoms with van der Waals surface area (Å²) in [6.45, 7) is 7.40. The number of carbonyl (C=O) groups excluding carboxylic acids is 2. The van der Waals surface area contributed by atoms with Crippen molar-refractivity contribution in [3.8, 4) is 0 Å². The molecule has 1 aliphatic rings. The number of esters is 2. The quantitative estimate of drug-likeness (QED) is 0.391. The van der Waals surface area contributed by atoms with Crippen LogP contribution in [-0.2, 0) is 19.1 Å². The van der Waals surface area contributed by atoms with Crippen molar-refractivity contribution in [3.05, 3.63) is 12.7 Å². The molecule has 2 unspecified atom stereocenters. The lowest BCUT2D eigenvalue weighted by molar-refractivity contribution is -0.177. The molecular weight excluding hydrogens is 196 g/mol. The Morgan fingerprint density at radius 1 is 1.53 bits per heavy atom. The van der Waals surface area contributed by atoms with Gasteiger partial charge in [0, 0.05) is 11.8 Å². The second-order valence-electron chi connectivity index (χ2n) is 3.82. The van der Waals surface area contributed by atoms with E-state index in [2.05, 4.69) is 11.3 Å². The smallest absolute Gasteiger partial charge is 0.321 e. The molecule has 1 aliphatic heterocycles. The second-order valence-corrected chi connectivity index (χ2v) is 3.82. The number of rotatable bonds is 2. The number of hydrogen-bond acceptors (Lipinski definition) is 4. The maximum Gasteiger partial charge on any atom is 0.321 e. The van der Waals surface area contributed by atoms with Gasteiger partial charge >= 0.3 is 11.9 Å². The van der Waals surface area contributed by atoms with Gasteiger partial charge in [0.1, 0.15) is 6.10 Å². The summed E-state index contributed by atoms with van der Waals surface area (Å²) in [5, 5.41) is 0. The molecule has 15 heavy (non-hydrogen) atoms. The van der Waals surface area contributed by atoms with Crippen molar-refractivity contribution < 1.29 is 19.1 Å². The van der Waals surface area contributed by atoms with Crippen LogP contribution < -0.4 is 0 Å². The lowest BCUT2D eigenvalue weighted by atomic mass is 9.78. The highest BCUT2D eigenvalue weighted by atomic mass is 16.6. The summed E-state index contributed by atoms with van der Waals surface area (Å²) in [6, 6.07) is 0. The summed E-state index contributed by atoms with van der Waals surface area (Å²) in [7, 11) is 1.26. The number of methoxy groups -OCH3 is 1. The molecule has 4 nitrogen and oxygen atoms in total. The maximum atomic E-state index is 11.5. The van der Waals surface area contributed by atoms with Crippen LogP contribution in [0, 0.1) is 17.8 Å². The summed E-state index contributed by atoms with van der Waals surface area (Å²) < 4.78 is 9.67. The van der Waals surface area contributed by atoms with Crippen LogP contribution in [0.4, 0.5) is 0 Å². The highest BCUT2D eigenvalue weighted by Gasteiger charge is 2.45. The fraction of sp³-hybridized carbons (Fsp3) is 0.636. The average Bonchev–Trinajstić information content (AvgIpc) is 2.21. The van der Waals surface area contributed by atoms with Crippen molar-refractivity contribution in [2.45, 2.75) is 20.0 Å². The van der Waals surface area contributed by atoms with Crippen LogP contribution in [0.3, 0.4) is 0 Å². The minimum atomic E-state index is -0.862. The molecule has 1 heterocycles. The van der Waals surface area contributed by atoms with E-state index in [1.54, 1.807) is 6.08 Å². The first-order chi connectivity index (χ1) is 7.02. The summed E-state index contributed by atoms with van der Waals surface area (Å²) in [5.41, 5.74) is 0. The largest absolute Gasteiger partial charge is 0.468 e. The Labute approximate surface area is 89.2 Å². The van der Waals surface area contributed by atoms with Gasteiger partial charge in [0.15, 0.2) is 5.92 Å². The molecule has 4 heteroatoms. The van der Waals surface area contributed by atoms with Crippen LogP contribution in [0.2, 0.25) is 0 Å². The van der Waals surface area contributed by atoms with Gasteiger partial charge in [-0.2, -0.15) is 0 Å². The molecule has 0 bridgehead atoms. The molecule has 1 fully saturated rings. The van der Waals surface area contributed by atoms with E-state index in [-0.39, 0.29) is 17.9 Å². The Morgan fingerprint density at radius 3 is 2.60 bits per heavy atom. The van der Waals surface area contributed by atoms with Gasteiger partial charge in [0.2, 0.25) is 0 Å². The molecule has 4 atom stereocenters. The van der Waals surface area contributed by atoms with Gasteiger partial charge < -0.3 is 9.47 Å². The van der Waals surface area contributed by atoms with Crippen molar-refractivity contribution in [2.24, 2.45) is 17.8 Å². The highest BCUT2D eigenvalue weighted by molar-refractivity contribution is 5.96. The molecular formula is C11H16O4. The molecule has 0 amide bonds. The number of allylic oxidation sites excluding steroid dienone is 1. The first-order valence-corrected chi connectivity index (χ1v) is 4.93. The molecule has 0 aliphatic carbocycles. The van der Waals surface area contributed by atoms with E-state index in [0.717, 1.165) is 0 Å². The minimum absolute atomic E-state index is 0.0734. The van der Waals surface area contributed by atoms with E-state index in [1.165, 1.54) is 7.11 Å². The van der Waals surface area contributed by atoms with Gasteiger partial charge in [-0.25, -0.2) is 0 Å². The van der Waals surface area contributed by atoms with Crippen molar-refractivity contribution in [2.75, 3.05) is 7.11 Å². The third kappa shape index (κ3) is 2.03. The Morgan fingerprint density at radius 2 is 2.13 bits per heavy atom. The molecule has 0 spiro atoms. The van der Waals surface area contributed by atoms with E-state index in [0.29, 0.717) is 0 Å². The van der Waals surface area contributed by atoms with E-state index in [9.17, 15) is 9.59 Å². The predicted molar refractivity (Wildman–Crippen MR) is 53.9 cm³/mol. The Kier molecular flexibility index (Phi) is 3.50. The first-order valence-electron chi connectivity index (χ1n) is 4.93. The summed E-state index contributed by atoms with van der Waals surface area (Å²) in [4.78, 5) is 23.0. The molecule has 0 aromatic rings. The van der Waals surface area contributed by atoms with Gasteiger partial charge in [-0.15, -0.1) is 6.58 Å². The molecule has 0 radical (unpaired) electrons. The van der Waals surface area contributed by atoms with E-state index in [1.807, 2.05) is 13.8 Å². The fourth-order valence-corrected chi connectivity index (χ4v) is 1.87. The first kappa shape index (κ1) is 11.8. The Hall–Kier alpha value is -1.32. The number of hydrogen-bond donors (Lipinski definition) is 0. The number of ether oxygens (including phenoxy) is 2. The zero-order valence-corrected chi connectivity index (χ0v) is 9.23. The summed E-state index contributed by atoms with van der Waals surface area (Å²) in [5.74, 6) is -2.07. The predicted octanol–water partition coefficient (Wildman–Crippen LogP) is 1.16. The van der Waals surface area contributed by atoms with Crippen molar-refractivity contribution in [1.82, 2.24) is 0 Å². The topological polar surface area (TPSA) is 52.6 Å². The van der Waals surface area contributed by atoms with E-state index in [4.69, 9.17) is 4.74 Å². The zero-order valence-electron chi connectivity index (χ0n) is 9.23. The summed E-state index contributed by atoms with van der Waals surface area (Å²) in [6.07, 6.45) is 1.44. The summed E-state index contributed by atoms with van der Waals surface area (Å²) >= 11 is 0.